The third-order valence-electron chi connectivity index (χ3n) is 5.82. The van der Waals surface area contributed by atoms with Crippen LogP contribution in [0.1, 0.15) is 55.3 Å². The molecule has 2 nitrogen and oxygen atoms in total. The molecule has 2 heteroatoms. The number of hydrogen-bond donors (Lipinski definition) is 1. The lowest BCUT2D eigenvalue weighted by molar-refractivity contribution is 0.289. The highest BCUT2D eigenvalue weighted by Crippen LogP contribution is 2.50. The predicted octanol–water partition coefficient (Wildman–Crippen LogP) is 6.25. The van der Waals surface area contributed by atoms with Gasteiger partial charge in [0.1, 0.15) is 5.75 Å². The van der Waals surface area contributed by atoms with E-state index in [2.05, 4.69) is 80.7 Å². The minimum Gasteiger partial charge on any atom is -0.494 e. The number of allylic oxidation sites excluding steroid dienone is 2. The molecule has 2 aromatic rings. The minimum absolute atomic E-state index is 0.372. The molecule has 1 aliphatic heterocycles. The average molecular weight is 348 g/mol. The van der Waals surface area contributed by atoms with Crippen LogP contribution in [0.25, 0.3) is 0 Å². The maximum atomic E-state index is 6.01. The number of anilines is 1. The van der Waals surface area contributed by atoms with Crippen LogP contribution < -0.4 is 10.1 Å². The van der Waals surface area contributed by atoms with Crippen molar-refractivity contribution < 1.29 is 4.74 Å². The first-order valence-electron chi connectivity index (χ1n) is 9.89. The Morgan fingerprint density at radius 2 is 1.96 bits per heavy atom. The van der Waals surface area contributed by atoms with E-state index < -0.39 is 0 Å². The van der Waals surface area contributed by atoms with Gasteiger partial charge in [-0.1, -0.05) is 50.3 Å². The van der Waals surface area contributed by atoms with Gasteiger partial charge in [0, 0.05) is 11.6 Å². The van der Waals surface area contributed by atoms with Crippen molar-refractivity contribution >= 4 is 5.69 Å². The van der Waals surface area contributed by atoms with Crippen molar-refractivity contribution in [2.75, 3.05) is 11.9 Å². The van der Waals surface area contributed by atoms with Gasteiger partial charge in [-0.2, -0.15) is 0 Å². The average Bonchev–Trinajstić information content (AvgIpc) is 3.11. The highest BCUT2D eigenvalue weighted by Gasteiger charge is 2.38. The van der Waals surface area contributed by atoms with Gasteiger partial charge in [-0.15, -0.1) is 0 Å². The second-order valence-electron chi connectivity index (χ2n) is 8.11. The Balaban J connectivity index is 1.62. The van der Waals surface area contributed by atoms with E-state index in [-0.39, 0.29) is 0 Å². The molecule has 1 aliphatic carbocycles. The fourth-order valence-corrected chi connectivity index (χ4v) is 4.32. The van der Waals surface area contributed by atoms with Gasteiger partial charge in [0.25, 0.3) is 0 Å². The van der Waals surface area contributed by atoms with Gasteiger partial charge >= 0.3 is 0 Å². The first-order chi connectivity index (χ1) is 12.6. The molecular weight excluding hydrogens is 318 g/mol. The Morgan fingerprint density at radius 3 is 2.77 bits per heavy atom. The van der Waals surface area contributed by atoms with Gasteiger partial charge in [-0.05, 0) is 66.5 Å². The number of benzene rings is 2. The van der Waals surface area contributed by atoms with Gasteiger partial charge in [-0.25, -0.2) is 0 Å². The lowest BCUT2D eigenvalue weighted by atomic mass is 9.76. The second-order valence-corrected chi connectivity index (χ2v) is 8.11. The normalized spacial score (nSPS) is 23.5. The monoisotopic (exact) mass is 347 g/mol. The van der Waals surface area contributed by atoms with E-state index in [0.29, 0.717) is 23.8 Å². The van der Waals surface area contributed by atoms with Crippen molar-refractivity contribution in [2.45, 2.75) is 45.6 Å². The number of ether oxygens (including phenoxy) is 1. The molecule has 3 atom stereocenters. The Labute approximate surface area is 157 Å². The number of aryl methyl sites for hydroxylation is 1. The van der Waals surface area contributed by atoms with Crippen LogP contribution in [0.15, 0.2) is 54.6 Å². The fourth-order valence-electron chi connectivity index (χ4n) is 4.32. The standard InChI is InChI=1S/C24H29NO/c1-16(2)13-14-26-18-11-12-23-22(15-18)20-9-6-10-21(20)24(25-23)19-8-5-4-7-17(19)3/h4-9,11-12,15-16,20-21,24-25H,10,13-14H2,1-3H3. The van der Waals surface area contributed by atoms with Gasteiger partial charge in [-0.3, -0.25) is 0 Å². The number of fused-ring (bicyclic) bond motifs is 3. The highest BCUT2D eigenvalue weighted by atomic mass is 16.5. The van der Waals surface area contributed by atoms with Crippen LogP contribution in [0.4, 0.5) is 5.69 Å². The summed E-state index contributed by atoms with van der Waals surface area (Å²) < 4.78 is 6.01. The van der Waals surface area contributed by atoms with Crippen molar-refractivity contribution in [1.82, 2.24) is 0 Å². The molecule has 0 aromatic heterocycles. The van der Waals surface area contributed by atoms with Crippen molar-refractivity contribution in [1.29, 1.82) is 0 Å². The summed E-state index contributed by atoms with van der Waals surface area (Å²) in [6, 6.07) is 15.7. The van der Waals surface area contributed by atoms with Crippen LogP contribution in [-0.4, -0.2) is 6.61 Å². The maximum absolute atomic E-state index is 6.01. The summed E-state index contributed by atoms with van der Waals surface area (Å²) in [4.78, 5) is 0. The molecule has 1 N–H and O–H groups in total. The van der Waals surface area contributed by atoms with Crippen LogP contribution in [-0.2, 0) is 0 Å². The molecule has 2 aromatic carbocycles. The lowest BCUT2D eigenvalue weighted by Gasteiger charge is -2.38. The largest absolute Gasteiger partial charge is 0.494 e. The van der Waals surface area contributed by atoms with Crippen molar-refractivity contribution in [3.63, 3.8) is 0 Å². The topological polar surface area (TPSA) is 21.3 Å². The van der Waals surface area contributed by atoms with Crippen LogP contribution in [0.2, 0.25) is 0 Å². The van der Waals surface area contributed by atoms with E-state index in [4.69, 9.17) is 4.74 Å². The SMILES string of the molecule is Cc1ccccc1C1Nc2ccc(OCCC(C)C)cc2C2C=CCC21. The summed E-state index contributed by atoms with van der Waals surface area (Å²) in [7, 11) is 0. The summed E-state index contributed by atoms with van der Waals surface area (Å²) in [6.07, 6.45) is 6.97. The van der Waals surface area contributed by atoms with E-state index in [0.717, 1.165) is 25.2 Å². The van der Waals surface area contributed by atoms with Crippen LogP contribution in [0.3, 0.4) is 0 Å². The fraction of sp³-hybridized carbons (Fsp3) is 0.417. The quantitative estimate of drug-likeness (QED) is 0.646. The Hall–Kier alpha value is -2.22. The number of rotatable bonds is 5. The van der Waals surface area contributed by atoms with Crippen LogP contribution >= 0.6 is 0 Å². The summed E-state index contributed by atoms with van der Waals surface area (Å²) in [5, 5.41) is 3.83. The van der Waals surface area contributed by atoms with Crippen LogP contribution in [0, 0.1) is 18.8 Å². The molecule has 136 valence electrons. The molecule has 0 fully saturated rings. The van der Waals surface area contributed by atoms with E-state index in [1.807, 2.05) is 0 Å². The Kier molecular flexibility index (Phi) is 4.76. The third-order valence-corrected chi connectivity index (χ3v) is 5.82. The first-order valence-corrected chi connectivity index (χ1v) is 9.89. The zero-order chi connectivity index (χ0) is 18.1. The van der Waals surface area contributed by atoms with Crippen molar-refractivity contribution in [2.24, 2.45) is 11.8 Å². The molecular formula is C24H29NO. The molecule has 26 heavy (non-hydrogen) atoms. The summed E-state index contributed by atoms with van der Waals surface area (Å²) in [6.45, 7) is 7.48. The van der Waals surface area contributed by atoms with E-state index in [1.165, 1.54) is 22.4 Å². The number of nitrogens with one attached hydrogen (secondary N) is 1. The van der Waals surface area contributed by atoms with Crippen LogP contribution in [0.5, 0.6) is 5.75 Å². The van der Waals surface area contributed by atoms with E-state index >= 15 is 0 Å². The number of hydrogen-bond acceptors (Lipinski definition) is 2. The lowest BCUT2D eigenvalue weighted by Crippen LogP contribution is -2.29. The molecule has 0 saturated carbocycles. The third kappa shape index (κ3) is 3.25. The molecule has 0 bridgehead atoms. The molecule has 1 heterocycles. The molecule has 0 radical (unpaired) electrons. The summed E-state index contributed by atoms with van der Waals surface area (Å²) in [5.41, 5.74) is 5.43. The zero-order valence-corrected chi connectivity index (χ0v) is 16.0. The molecule has 0 spiro atoms. The molecule has 0 saturated heterocycles. The summed E-state index contributed by atoms with van der Waals surface area (Å²) in [5.74, 6) is 2.73. The van der Waals surface area contributed by atoms with Gasteiger partial charge in [0.15, 0.2) is 0 Å². The Bertz CT molecular complexity index is 808. The molecule has 3 unspecified atom stereocenters. The summed E-state index contributed by atoms with van der Waals surface area (Å²) >= 11 is 0. The molecule has 4 rings (SSSR count). The highest BCUT2D eigenvalue weighted by molar-refractivity contribution is 5.62. The minimum atomic E-state index is 0.372. The van der Waals surface area contributed by atoms with Gasteiger partial charge in [0.05, 0.1) is 12.6 Å². The van der Waals surface area contributed by atoms with E-state index in [9.17, 15) is 0 Å². The van der Waals surface area contributed by atoms with Crippen molar-refractivity contribution in [3.8, 4) is 5.75 Å². The molecule has 0 amide bonds. The molecule has 2 aliphatic rings. The zero-order valence-electron chi connectivity index (χ0n) is 16.0. The van der Waals surface area contributed by atoms with Gasteiger partial charge in [0.2, 0.25) is 0 Å². The first kappa shape index (κ1) is 17.2. The van der Waals surface area contributed by atoms with E-state index in [1.54, 1.807) is 0 Å². The predicted molar refractivity (Wildman–Crippen MR) is 109 cm³/mol. The van der Waals surface area contributed by atoms with Gasteiger partial charge < -0.3 is 10.1 Å². The second kappa shape index (κ2) is 7.19. The smallest absolute Gasteiger partial charge is 0.119 e. The Morgan fingerprint density at radius 1 is 1.12 bits per heavy atom. The maximum Gasteiger partial charge on any atom is 0.119 e. The van der Waals surface area contributed by atoms with Crippen molar-refractivity contribution in [3.05, 3.63) is 71.3 Å².